The third kappa shape index (κ3) is 4.18. The van der Waals surface area contributed by atoms with Crippen LogP contribution in [-0.2, 0) is 13.2 Å². The molecule has 3 aromatic rings. The minimum absolute atomic E-state index is 0.105. The Morgan fingerprint density at radius 3 is 2.38 bits per heavy atom. The largest absolute Gasteiger partial charge is 0.416 e. The van der Waals surface area contributed by atoms with Crippen LogP contribution in [0.1, 0.15) is 37.9 Å². The fourth-order valence-corrected chi connectivity index (χ4v) is 4.56. The third-order valence-corrected chi connectivity index (χ3v) is 6.47. The molecule has 1 aliphatic rings. The topological polar surface area (TPSA) is 78.0 Å². The number of hydrogen-bond donors (Lipinski definition) is 0. The van der Waals surface area contributed by atoms with Crippen LogP contribution in [0.3, 0.4) is 0 Å². The first-order chi connectivity index (χ1) is 16.2. The van der Waals surface area contributed by atoms with Crippen LogP contribution < -0.4 is 15.5 Å². The maximum Gasteiger partial charge on any atom is 0.416 e. The van der Waals surface area contributed by atoms with Gasteiger partial charge in [-0.15, -0.1) is 0 Å². The highest BCUT2D eigenvalue weighted by Gasteiger charge is 2.36. The predicted molar refractivity (Wildman–Crippen MR) is 124 cm³/mol. The van der Waals surface area contributed by atoms with Gasteiger partial charge in [0.1, 0.15) is 17.3 Å². The summed E-state index contributed by atoms with van der Waals surface area (Å²) < 4.78 is 41.4. The van der Waals surface area contributed by atoms with Crippen LogP contribution in [0.4, 0.5) is 24.7 Å². The van der Waals surface area contributed by atoms with E-state index in [0.717, 1.165) is 6.07 Å². The molecule has 0 bridgehead atoms. The van der Waals surface area contributed by atoms with Crippen molar-refractivity contribution in [1.29, 1.82) is 5.26 Å². The van der Waals surface area contributed by atoms with E-state index >= 15 is 0 Å². The molecule has 2 atom stereocenters. The van der Waals surface area contributed by atoms with E-state index in [1.165, 1.54) is 16.7 Å². The molecule has 0 aliphatic carbocycles. The number of piperazine rings is 1. The Bertz CT molecular complexity index is 1310. The second-order valence-corrected chi connectivity index (χ2v) is 8.43. The molecule has 0 amide bonds. The van der Waals surface area contributed by atoms with E-state index in [0.29, 0.717) is 48.5 Å². The van der Waals surface area contributed by atoms with Gasteiger partial charge in [-0.1, -0.05) is 19.9 Å². The van der Waals surface area contributed by atoms with E-state index < -0.39 is 17.4 Å². The van der Waals surface area contributed by atoms with E-state index in [2.05, 4.69) is 9.97 Å². The van der Waals surface area contributed by atoms with Crippen molar-refractivity contribution in [2.45, 2.75) is 44.9 Å². The lowest BCUT2D eigenvalue weighted by Gasteiger charge is -2.48. The van der Waals surface area contributed by atoms with Gasteiger partial charge in [0.2, 0.25) is 0 Å². The Hall–Kier alpha value is -3.61. The third-order valence-electron chi connectivity index (χ3n) is 6.47. The summed E-state index contributed by atoms with van der Waals surface area (Å²) in [6, 6.07) is 10.5. The molecular formula is C24H25F3N6O. The highest BCUT2D eigenvalue weighted by atomic mass is 19.4. The smallest absolute Gasteiger partial charge is 0.365 e. The van der Waals surface area contributed by atoms with Crippen LogP contribution >= 0.6 is 0 Å². The number of aromatic nitrogens is 3. The number of alkyl halides is 3. The van der Waals surface area contributed by atoms with Gasteiger partial charge in [0.25, 0.3) is 0 Å². The minimum Gasteiger partial charge on any atom is -0.365 e. The van der Waals surface area contributed by atoms with Crippen molar-refractivity contribution in [3.05, 3.63) is 58.1 Å². The van der Waals surface area contributed by atoms with E-state index in [-0.39, 0.29) is 17.8 Å². The van der Waals surface area contributed by atoms with E-state index in [1.807, 2.05) is 29.7 Å². The molecule has 0 spiro atoms. The average molecular weight is 470 g/mol. The molecule has 2 aromatic heterocycles. The number of halogens is 3. The standard InChI is InChI=1S/C24H25F3N6O/c1-4-17-14-33(22-21-20(31(3)23(34)30-22)10-9-16(12-28)29-21)18(5-2)13-32(17)19-8-6-7-15(11-19)24(25,26)27/h6-11,17-18H,4-5,13-14H2,1-3H3/t17-,18-/m0/s1. The van der Waals surface area contributed by atoms with Gasteiger partial charge < -0.3 is 9.80 Å². The van der Waals surface area contributed by atoms with Crippen LogP contribution in [0, 0.1) is 11.3 Å². The Balaban J connectivity index is 1.79. The second-order valence-electron chi connectivity index (χ2n) is 8.43. The number of pyridine rings is 1. The fraction of sp³-hybridized carbons (Fsp3) is 0.417. The maximum atomic E-state index is 13.3. The van der Waals surface area contributed by atoms with Crippen molar-refractivity contribution in [3.8, 4) is 6.07 Å². The molecule has 1 saturated heterocycles. The van der Waals surface area contributed by atoms with Crippen molar-refractivity contribution in [1.82, 2.24) is 14.5 Å². The summed E-state index contributed by atoms with van der Waals surface area (Å²) in [6.45, 7) is 4.90. The maximum absolute atomic E-state index is 13.3. The minimum atomic E-state index is -4.42. The van der Waals surface area contributed by atoms with Gasteiger partial charge in [-0.3, -0.25) is 4.57 Å². The number of fused-ring (bicyclic) bond motifs is 1. The van der Waals surface area contributed by atoms with Crippen LogP contribution in [-0.4, -0.2) is 39.7 Å². The molecule has 7 nitrogen and oxygen atoms in total. The first-order valence-corrected chi connectivity index (χ1v) is 11.2. The zero-order valence-electron chi connectivity index (χ0n) is 19.2. The molecule has 1 fully saturated rings. The molecule has 1 aliphatic heterocycles. The predicted octanol–water partition coefficient (Wildman–Crippen LogP) is 4.10. The summed E-state index contributed by atoms with van der Waals surface area (Å²) in [4.78, 5) is 25.4. The lowest BCUT2D eigenvalue weighted by atomic mass is 10.0. The number of aryl methyl sites for hydroxylation is 1. The van der Waals surface area contributed by atoms with Crippen LogP contribution in [0.5, 0.6) is 0 Å². The fourth-order valence-electron chi connectivity index (χ4n) is 4.56. The quantitative estimate of drug-likeness (QED) is 0.571. The van der Waals surface area contributed by atoms with Crippen molar-refractivity contribution < 1.29 is 13.2 Å². The zero-order chi connectivity index (χ0) is 24.6. The SMILES string of the molecule is CC[C@H]1CN(c2nc(=O)n(C)c3ccc(C#N)nc23)[C@@H](CC)CN1c1cccc(C(F)(F)F)c1. The van der Waals surface area contributed by atoms with Gasteiger partial charge >= 0.3 is 11.9 Å². The number of rotatable bonds is 4. The number of nitrogens with zero attached hydrogens (tertiary/aromatic N) is 6. The number of hydrogen-bond acceptors (Lipinski definition) is 6. The van der Waals surface area contributed by atoms with Gasteiger partial charge in [0.15, 0.2) is 5.82 Å². The molecular weight excluding hydrogens is 445 g/mol. The number of anilines is 2. The van der Waals surface area contributed by atoms with Crippen LogP contribution in [0.2, 0.25) is 0 Å². The normalized spacial score (nSPS) is 18.9. The Kier molecular flexibility index (Phi) is 6.21. The molecule has 0 saturated carbocycles. The number of benzene rings is 1. The average Bonchev–Trinajstić information content (AvgIpc) is 2.84. The number of nitriles is 1. The van der Waals surface area contributed by atoms with E-state index in [4.69, 9.17) is 0 Å². The van der Waals surface area contributed by atoms with E-state index in [1.54, 1.807) is 25.2 Å². The van der Waals surface area contributed by atoms with Gasteiger partial charge in [0.05, 0.1) is 11.1 Å². The molecule has 0 unspecified atom stereocenters. The highest BCUT2D eigenvalue weighted by Crippen LogP contribution is 2.35. The summed E-state index contributed by atoms with van der Waals surface area (Å²) in [5, 5.41) is 9.34. The molecule has 0 N–H and O–H groups in total. The molecule has 0 radical (unpaired) electrons. The van der Waals surface area contributed by atoms with Crippen LogP contribution in [0.15, 0.2) is 41.2 Å². The van der Waals surface area contributed by atoms with Gasteiger partial charge in [0, 0.05) is 37.9 Å². The van der Waals surface area contributed by atoms with Crippen molar-refractivity contribution in [2.75, 3.05) is 22.9 Å². The first kappa shape index (κ1) is 23.5. The van der Waals surface area contributed by atoms with Crippen molar-refractivity contribution in [3.63, 3.8) is 0 Å². The molecule has 34 heavy (non-hydrogen) atoms. The summed E-state index contributed by atoms with van der Waals surface area (Å²) >= 11 is 0. The molecule has 1 aromatic carbocycles. The molecule has 10 heteroatoms. The van der Waals surface area contributed by atoms with Crippen molar-refractivity contribution >= 4 is 22.5 Å². The van der Waals surface area contributed by atoms with Crippen molar-refractivity contribution in [2.24, 2.45) is 7.05 Å². The Morgan fingerprint density at radius 1 is 1.06 bits per heavy atom. The second kappa shape index (κ2) is 8.97. The molecule has 3 heterocycles. The summed E-state index contributed by atoms with van der Waals surface area (Å²) in [5.74, 6) is 0.407. The lowest BCUT2D eigenvalue weighted by Crippen LogP contribution is -2.59. The summed E-state index contributed by atoms with van der Waals surface area (Å²) in [7, 11) is 1.60. The van der Waals surface area contributed by atoms with E-state index in [9.17, 15) is 23.2 Å². The van der Waals surface area contributed by atoms with Gasteiger partial charge in [-0.25, -0.2) is 9.78 Å². The summed E-state index contributed by atoms with van der Waals surface area (Å²) in [6.07, 6.45) is -3.05. The van der Waals surface area contributed by atoms with Crippen LogP contribution in [0.25, 0.3) is 11.0 Å². The molecule has 4 rings (SSSR count). The Labute approximate surface area is 195 Å². The van der Waals surface area contributed by atoms with Gasteiger partial charge in [-0.2, -0.15) is 23.4 Å². The lowest BCUT2D eigenvalue weighted by molar-refractivity contribution is -0.137. The first-order valence-electron chi connectivity index (χ1n) is 11.2. The van der Waals surface area contributed by atoms with Gasteiger partial charge in [-0.05, 0) is 43.2 Å². The Morgan fingerprint density at radius 2 is 1.74 bits per heavy atom. The zero-order valence-corrected chi connectivity index (χ0v) is 19.2. The molecule has 178 valence electrons. The summed E-state index contributed by atoms with van der Waals surface area (Å²) in [5.41, 5.74) is 0.655. The monoisotopic (exact) mass is 470 g/mol. The highest BCUT2D eigenvalue weighted by molar-refractivity contribution is 5.86.